The molecule has 0 bridgehead atoms. The van der Waals surface area contributed by atoms with Gasteiger partial charge in [0.05, 0.1) is 17.1 Å². The lowest BCUT2D eigenvalue weighted by atomic mass is 10.3. The van der Waals surface area contributed by atoms with Gasteiger partial charge in [0.2, 0.25) is 0 Å². The molecule has 0 atom stereocenters. The van der Waals surface area contributed by atoms with Crippen molar-refractivity contribution in [2.75, 3.05) is 11.9 Å². The van der Waals surface area contributed by atoms with E-state index in [1.54, 1.807) is 0 Å². The number of aromatic nitrogens is 4. The molecule has 0 aliphatic rings. The first-order chi connectivity index (χ1) is 8.74. The van der Waals surface area contributed by atoms with Crippen molar-refractivity contribution in [3.63, 3.8) is 0 Å². The summed E-state index contributed by atoms with van der Waals surface area (Å²) in [5, 5.41) is 5.15. The maximum Gasteiger partial charge on any atom is 0.139 e. The van der Waals surface area contributed by atoms with Gasteiger partial charge < -0.3 is 9.88 Å². The Morgan fingerprint density at radius 1 is 1.33 bits per heavy atom. The zero-order chi connectivity index (χ0) is 12.5. The van der Waals surface area contributed by atoms with Crippen molar-refractivity contribution in [3.05, 3.63) is 35.0 Å². The number of H-pyrrole nitrogens is 1. The molecule has 6 heteroatoms. The molecule has 0 fully saturated rings. The second-order valence-electron chi connectivity index (χ2n) is 4.22. The highest BCUT2D eigenvalue weighted by Crippen LogP contribution is 2.19. The first kappa shape index (κ1) is 11.2. The SMILES string of the molecule is Cc1nnsc1CN(C)c1ccc2cc[nH]c2n1. The average molecular weight is 259 g/mol. The third kappa shape index (κ3) is 1.95. The number of hydrogen-bond donors (Lipinski definition) is 1. The van der Waals surface area contributed by atoms with Gasteiger partial charge in [-0.15, -0.1) is 5.10 Å². The van der Waals surface area contributed by atoms with Gasteiger partial charge >= 0.3 is 0 Å². The molecule has 3 heterocycles. The molecule has 0 radical (unpaired) electrons. The Morgan fingerprint density at radius 3 is 3.00 bits per heavy atom. The van der Waals surface area contributed by atoms with Gasteiger partial charge in [-0.2, -0.15) is 0 Å². The minimum absolute atomic E-state index is 0.780. The number of hydrogen-bond acceptors (Lipinski definition) is 5. The van der Waals surface area contributed by atoms with Crippen molar-refractivity contribution in [1.82, 2.24) is 19.6 Å². The van der Waals surface area contributed by atoms with Gasteiger partial charge in [0.1, 0.15) is 11.5 Å². The van der Waals surface area contributed by atoms with Crippen molar-refractivity contribution in [2.24, 2.45) is 0 Å². The van der Waals surface area contributed by atoms with E-state index >= 15 is 0 Å². The predicted octanol–water partition coefficient (Wildman–Crippen LogP) is 2.36. The highest BCUT2D eigenvalue weighted by atomic mass is 32.1. The fourth-order valence-electron chi connectivity index (χ4n) is 1.83. The van der Waals surface area contributed by atoms with Crippen LogP contribution in [0.3, 0.4) is 0 Å². The summed E-state index contributed by atoms with van der Waals surface area (Å²) in [5.41, 5.74) is 1.91. The van der Waals surface area contributed by atoms with Gasteiger partial charge in [0.25, 0.3) is 0 Å². The van der Waals surface area contributed by atoms with E-state index in [1.807, 2.05) is 32.3 Å². The second kappa shape index (κ2) is 4.38. The third-order valence-corrected chi connectivity index (χ3v) is 3.72. The number of fused-ring (bicyclic) bond motifs is 1. The van der Waals surface area contributed by atoms with E-state index in [4.69, 9.17) is 0 Å². The summed E-state index contributed by atoms with van der Waals surface area (Å²) in [6, 6.07) is 6.12. The van der Waals surface area contributed by atoms with Crippen molar-refractivity contribution in [2.45, 2.75) is 13.5 Å². The molecule has 5 nitrogen and oxygen atoms in total. The maximum absolute atomic E-state index is 4.58. The van der Waals surface area contributed by atoms with Crippen LogP contribution in [0.2, 0.25) is 0 Å². The quantitative estimate of drug-likeness (QED) is 0.784. The fourth-order valence-corrected chi connectivity index (χ4v) is 2.51. The largest absolute Gasteiger partial charge is 0.354 e. The Morgan fingerprint density at radius 2 is 2.22 bits per heavy atom. The number of aromatic amines is 1. The van der Waals surface area contributed by atoms with Gasteiger partial charge in [0.15, 0.2) is 0 Å². The van der Waals surface area contributed by atoms with E-state index in [-0.39, 0.29) is 0 Å². The minimum Gasteiger partial charge on any atom is -0.354 e. The van der Waals surface area contributed by atoms with Gasteiger partial charge in [-0.05, 0) is 36.7 Å². The molecule has 3 aromatic rings. The second-order valence-corrected chi connectivity index (χ2v) is 5.06. The Kier molecular flexibility index (Phi) is 2.71. The summed E-state index contributed by atoms with van der Waals surface area (Å²) in [4.78, 5) is 11.0. The van der Waals surface area contributed by atoms with Crippen LogP contribution < -0.4 is 4.90 Å². The molecule has 0 unspecified atom stereocenters. The van der Waals surface area contributed by atoms with Crippen LogP contribution in [0.4, 0.5) is 5.82 Å². The molecule has 0 spiro atoms. The average Bonchev–Trinajstić information content (AvgIpc) is 2.98. The molecule has 3 rings (SSSR count). The number of pyridine rings is 1. The normalized spacial score (nSPS) is 11.0. The van der Waals surface area contributed by atoms with Gasteiger partial charge in [-0.25, -0.2) is 4.98 Å². The minimum atomic E-state index is 0.780. The van der Waals surface area contributed by atoms with Gasteiger partial charge in [-0.1, -0.05) is 4.49 Å². The van der Waals surface area contributed by atoms with Crippen LogP contribution >= 0.6 is 11.5 Å². The van der Waals surface area contributed by atoms with E-state index in [2.05, 4.69) is 30.5 Å². The third-order valence-electron chi connectivity index (χ3n) is 2.91. The summed E-state index contributed by atoms with van der Waals surface area (Å²) in [5.74, 6) is 0.942. The molecule has 92 valence electrons. The maximum atomic E-state index is 4.58. The number of anilines is 1. The van der Waals surface area contributed by atoms with Crippen molar-refractivity contribution in [3.8, 4) is 0 Å². The Labute approximate surface area is 109 Å². The van der Waals surface area contributed by atoms with Crippen LogP contribution in [0.5, 0.6) is 0 Å². The van der Waals surface area contributed by atoms with Crippen molar-refractivity contribution in [1.29, 1.82) is 0 Å². The molecule has 18 heavy (non-hydrogen) atoms. The van der Waals surface area contributed by atoms with Gasteiger partial charge in [0, 0.05) is 18.6 Å². The topological polar surface area (TPSA) is 57.7 Å². The molecule has 0 saturated heterocycles. The number of nitrogens with one attached hydrogen (secondary N) is 1. The highest BCUT2D eigenvalue weighted by molar-refractivity contribution is 7.05. The van der Waals surface area contributed by atoms with E-state index in [0.29, 0.717) is 0 Å². The molecule has 0 aromatic carbocycles. The number of rotatable bonds is 3. The summed E-state index contributed by atoms with van der Waals surface area (Å²) < 4.78 is 3.95. The zero-order valence-electron chi connectivity index (χ0n) is 10.2. The predicted molar refractivity (Wildman–Crippen MR) is 72.8 cm³/mol. The molecule has 3 aromatic heterocycles. The standard InChI is InChI=1S/C12H13N5S/c1-8-10(18-16-15-8)7-17(2)11-4-3-9-5-6-13-12(9)14-11/h3-6H,7H2,1-2H3,(H,13,14). The van der Waals surface area contributed by atoms with Crippen molar-refractivity contribution < 1.29 is 0 Å². The van der Waals surface area contributed by atoms with E-state index in [1.165, 1.54) is 16.4 Å². The molecular formula is C12H13N5S. The van der Waals surface area contributed by atoms with Gasteiger partial charge in [-0.3, -0.25) is 0 Å². The van der Waals surface area contributed by atoms with E-state index in [9.17, 15) is 0 Å². The molecule has 0 saturated carbocycles. The zero-order valence-corrected chi connectivity index (χ0v) is 11.0. The molecular weight excluding hydrogens is 246 g/mol. The van der Waals surface area contributed by atoms with Crippen molar-refractivity contribution >= 4 is 28.4 Å². The Hall–Kier alpha value is -1.95. The number of nitrogens with zero attached hydrogens (tertiary/aromatic N) is 4. The molecule has 1 N–H and O–H groups in total. The fraction of sp³-hybridized carbons (Fsp3) is 0.250. The lowest BCUT2D eigenvalue weighted by Gasteiger charge is -2.17. The van der Waals surface area contributed by atoms with E-state index < -0.39 is 0 Å². The summed E-state index contributed by atoms with van der Waals surface area (Å²) >= 11 is 1.44. The molecule has 0 aliphatic carbocycles. The van der Waals surface area contributed by atoms with Crippen LogP contribution in [0.25, 0.3) is 11.0 Å². The number of aryl methyl sites for hydroxylation is 1. The Bertz CT molecular complexity index is 672. The lowest BCUT2D eigenvalue weighted by Crippen LogP contribution is -2.17. The van der Waals surface area contributed by atoms with Crippen LogP contribution in [0.15, 0.2) is 24.4 Å². The lowest BCUT2D eigenvalue weighted by molar-refractivity contribution is 0.902. The van der Waals surface area contributed by atoms with E-state index in [0.717, 1.165) is 29.1 Å². The summed E-state index contributed by atoms with van der Waals surface area (Å²) in [6.07, 6.45) is 1.90. The van der Waals surface area contributed by atoms with Crippen LogP contribution in [-0.4, -0.2) is 26.6 Å². The molecule has 0 amide bonds. The Balaban J connectivity index is 1.87. The summed E-state index contributed by atoms with van der Waals surface area (Å²) in [7, 11) is 2.02. The summed E-state index contributed by atoms with van der Waals surface area (Å²) in [6.45, 7) is 2.76. The smallest absolute Gasteiger partial charge is 0.139 e. The van der Waals surface area contributed by atoms with Crippen LogP contribution in [0, 0.1) is 6.92 Å². The van der Waals surface area contributed by atoms with Crippen LogP contribution in [0.1, 0.15) is 10.6 Å². The highest BCUT2D eigenvalue weighted by Gasteiger charge is 2.09. The first-order valence-electron chi connectivity index (χ1n) is 5.67. The first-order valence-corrected chi connectivity index (χ1v) is 6.44. The van der Waals surface area contributed by atoms with Crippen LogP contribution in [-0.2, 0) is 6.54 Å². The molecule has 0 aliphatic heterocycles. The monoisotopic (exact) mass is 259 g/mol.